The summed E-state index contributed by atoms with van der Waals surface area (Å²) in [6, 6.07) is 6.58. The van der Waals surface area contributed by atoms with Crippen LogP contribution in [0.3, 0.4) is 0 Å². The average molecular weight is 308 g/mol. The molecule has 2 aromatic rings. The van der Waals surface area contributed by atoms with Crippen LogP contribution in [0.5, 0.6) is 0 Å². The van der Waals surface area contributed by atoms with Gasteiger partial charge in [0.15, 0.2) is 0 Å². The Bertz CT molecular complexity index is 655. The van der Waals surface area contributed by atoms with E-state index in [0.29, 0.717) is 17.4 Å². The van der Waals surface area contributed by atoms with Crippen molar-refractivity contribution in [3.05, 3.63) is 29.0 Å². The number of halogens is 1. The van der Waals surface area contributed by atoms with E-state index < -0.39 is 8.07 Å². The molecule has 0 saturated carbocycles. The number of nitrogens with zero attached hydrogens (tertiary/aromatic N) is 3. The molecule has 0 amide bonds. The number of hydrogen-bond acceptors (Lipinski definition) is 3. The van der Waals surface area contributed by atoms with Gasteiger partial charge in [0.1, 0.15) is 18.5 Å². The van der Waals surface area contributed by atoms with E-state index in [0.717, 1.165) is 23.7 Å². The summed E-state index contributed by atoms with van der Waals surface area (Å²) in [4.78, 5) is 4.23. The second-order valence-corrected chi connectivity index (χ2v) is 12.0. The van der Waals surface area contributed by atoms with Gasteiger partial charge in [-0.05, 0) is 18.2 Å². The fourth-order valence-electron chi connectivity index (χ4n) is 1.87. The van der Waals surface area contributed by atoms with Crippen LogP contribution in [-0.4, -0.2) is 24.2 Å². The first kappa shape index (κ1) is 15.0. The molecule has 0 N–H and O–H groups in total. The summed E-state index contributed by atoms with van der Waals surface area (Å²) in [5.41, 5.74) is 1.88. The first-order valence-corrected chi connectivity index (χ1v) is 10.6. The second-order valence-electron chi connectivity index (χ2n) is 5.97. The van der Waals surface area contributed by atoms with Crippen molar-refractivity contribution < 1.29 is 4.74 Å². The van der Waals surface area contributed by atoms with Crippen molar-refractivity contribution in [2.45, 2.75) is 32.4 Å². The molecule has 2 rings (SSSR count). The highest BCUT2D eigenvalue weighted by Gasteiger charge is 2.13. The van der Waals surface area contributed by atoms with Crippen LogP contribution in [-0.2, 0) is 11.5 Å². The molecule has 20 heavy (non-hydrogen) atoms. The van der Waals surface area contributed by atoms with E-state index in [2.05, 4.69) is 24.6 Å². The number of hydrogen-bond donors (Lipinski definition) is 0. The topological polar surface area (TPSA) is 50.8 Å². The van der Waals surface area contributed by atoms with Crippen LogP contribution in [0.4, 0.5) is 0 Å². The summed E-state index contributed by atoms with van der Waals surface area (Å²) in [7, 11) is -1.06. The van der Waals surface area contributed by atoms with Crippen molar-refractivity contribution in [3.63, 3.8) is 0 Å². The molecule has 0 aliphatic heterocycles. The van der Waals surface area contributed by atoms with Gasteiger partial charge in [-0.25, -0.2) is 4.98 Å². The normalized spacial score (nSPS) is 11.8. The third kappa shape index (κ3) is 3.60. The zero-order chi connectivity index (χ0) is 14.8. The molecule has 0 saturated heterocycles. The Kier molecular flexibility index (Phi) is 4.48. The van der Waals surface area contributed by atoms with Gasteiger partial charge in [-0.15, -0.1) is 0 Å². The Morgan fingerprint density at radius 1 is 1.45 bits per heavy atom. The molecule has 106 valence electrons. The van der Waals surface area contributed by atoms with Crippen molar-refractivity contribution in [1.29, 1.82) is 5.26 Å². The van der Waals surface area contributed by atoms with E-state index in [1.807, 2.05) is 22.9 Å². The number of rotatable bonds is 5. The van der Waals surface area contributed by atoms with Crippen molar-refractivity contribution in [3.8, 4) is 6.07 Å². The SMILES string of the molecule is C[Si](C)(C)CCOCn1ccc2nc(C#N)cc(Cl)c21. The molecule has 0 unspecified atom stereocenters. The molecule has 0 aliphatic rings. The highest BCUT2D eigenvalue weighted by atomic mass is 35.5. The van der Waals surface area contributed by atoms with Gasteiger partial charge in [0.05, 0.1) is 16.1 Å². The van der Waals surface area contributed by atoms with E-state index in [1.54, 1.807) is 6.07 Å². The molecule has 0 radical (unpaired) electrons. The Labute approximate surface area is 124 Å². The van der Waals surface area contributed by atoms with Gasteiger partial charge in [-0.1, -0.05) is 31.2 Å². The third-order valence-corrected chi connectivity index (χ3v) is 5.01. The van der Waals surface area contributed by atoms with Gasteiger partial charge in [0.25, 0.3) is 0 Å². The molecule has 0 spiro atoms. The average Bonchev–Trinajstić information content (AvgIpc) is 2.77. The van der Waals surface area contributed by atoms with E-state index in [1.165, 1.54) is 0 Å². The van der Waals surface area contributed by atoms with Gasteiger partial charge in [-0.3, -0.25) is 0 Å². The zero-order valence-electron chi connectivity index (χ0n) is 12.0. The van der Waals surface area contributed by atoms with E-state index >= 15 is 0 Å². The lowest BCUT2D eigenvalue weighted by atomic mass is 10.3. The van der Waals surface area contributed by atoms with Gasteiger partial charge < -0.3 is 9.30 Å². The van der Waals surface area contributed by atoms with Crippen LogP contribution in [0, 0.1) is 11.3 Å². The van der Waals surface area contributed by atoms with Gasteiger partial charge in [0.2, 0.25) is 0 Å². The number of pyridine rings is 1. The summed E-state index contributed by atoms with van der Waals surface area (Å²) >= 11 is 6.21. The summed E-state index contributed by atoms with van der Waals surface area (Å²) in [5.74, 6) is 0. The maximum absolute atomic E-state index is 8.88. The first-order chi connectivity index (χ1) is 9.40. The summed E-state index contributed by atoms with van der Waals surface area (Å²) in [6.45, 7) is 8.20. The van der Waals surface area contributed by atoms with E-state index in [-0.39, 0.29) is 0 Å². The second kappa shape index (κ2) is 5.96. The molecule has 0 fully saturated rings. The van der Waals surface area contributed by atoms with Crippen molar-refractivity contribution in [2.75, 3.05) is 6.61 Å². The standard InChI is InChI=1S/C14H18ClN3OSi/c1-20(2,3)7-6-19-10-18-5-4-13-14(18)12(15)8-11(9-16)17-13/h4-5,8H,6-7,10H2,1-3H3. The fourth-order valence-corrected chi connectivity index (χ4v) is 2.93. The van der Waals surface area contributed by atoms with Gasteiger partial charge >= 0.3 is 0 Å². The first-order valence-electron chi connectivity index (χ1n) is 6.54. The molecule has 0 aliphatic carbocycles. The number of nitriles is 1. The number of ether oxygens (including phenoxy) is 1. The maximum Gasteiger partial charge on any atom is 0.142 e. The third-order valence-electron chi connectivity index (χ3n) is 3.01. The molecular weight excluding hydrogens is 290 g/mol. The summed E-state index contributed by atoms with van der Waals surface area (Å²) in [5, 5.41) is 9.41. The van der Waals surface area contributed by atoms with E-state index in [9.17, 15) is 0 Å². The van der Waals surface area contributed by atoms with Crippen molar-refractivity contribution in [1.82, 2.24) is 9.55 Å². The Balaban J connectivity index is 2.10. The van der Waals surface area contributed by atoms with E-state index in [4.69, 9.17) is 21.6 Å². The monoisotopic (exact) mass is 307 g/mol. The van der Waals surface area contributed by atoms with Crippen LogP contribution in [0.25, 0.3) is 11.0 Å². The summed E-state index contributed by atoms with van der Waals surface area (Å²) < 4.78 is 7.65. The Hall–Kier alpha value is -1.35. The van der Waals surface area contributed by atoms with Crippen LogP contribution in [0.15, 0.2) is 18.3 Å². The predicted molar refractivity (Wildman–Crippen MR) is 83.6 cm³/mol. The molecule has 2 heterocycles. The smallest absolute Gasteiger partial charge is 0.142 e. The molecule has 2 aromatic heterocycles. The molecule has 0 bridgehead atoms. The lowest BCUT2D eigenvalue weighted by Gasteiger charge is -2.15. The van der Waals surface area contributed by atoms with Crippen molar-refractivity contribution >= 4 is 30.7 Å². The highest BCUT2D eigenvalue weighted by molar-refractivity contribution is 6.76. The number of aromatic nitrogens is 2. The number of fused-ring (bicyclic) bond motifs is 1. The molecule has 6 heteroatoms. The fraction of sp³-hybridized carbons (Fsp3) is 0.429. The Morgan fingerprint density at radius 2 is 2.20 bits per heavy atom. The minimum atomic E-state index is -1.06. The lowest BCUT2D eigenvalue weighted by molar-refractivity contribution is 0.0902. The van der Waals surface area contributed by atoms with Gasteiger partial charge in [0, 0.05) is 20.9 Å². The largest absolute Gasteiger partial charge is 0.361 e. The summed E-state index contributed by atoms with van der Waals surface area (Å²) in [6.07, 6.45) is 1.89. The quantitative estimate of drug-likeness (QED) is 0.622. The lowest BCUT2D eigenvalue weighted by Crippen LogP contribution is -2.21. The van der Waals surface area contributed by atoms with Crippen LogP contribution >= 0.6 is 11.6 Å². The molecule has 4 nitrogen and oxygen atoms in total. The molecule has 0 atom stereocenters. The maximum atomic E-state index is 8.88. The van der Waals surface area contributed by atoms with Crippen LogP contribution in [0.2, 0.25) is 30.7 Å². The zero-order valence-corrected chi connectivity index (χ0v) is 13.7. The minimum absolute atomic E-state index is 0.333. The highest BCUT2D eigenvalue weighted by Crippen LogP contribution is 2.24. The predicted octanol–water partition coefficient (Wildman–Crippen LogP) is 3.87. The minimum Gasteiger partial charge on any atom is -0.361 e. The van der Waals surface area contributed by atoms with Crippen LogP contribution in [0.1, 0.15) is 5.69 Å². The van der Waals surface area contributed by atoms with Crippen molar-refractivity contribution in [2.24, 2.45) is 0 Å². The Morgan fingerprint density at radius 3 is 2.85 bits per heavy atom. The molecule has 0 aromatic carbocycles. The van der Waals surface area contributed by atoms with Gasteiger partial charge in [-0.2, -0.15) is 5.26 Å². The molecular formula is C14H18ClN3OSi. The van der Waals surface area contributed by atoms with Crippen LogP contribution < -0.4 is 0 Å².